The van der Waals surface area contributed by atoms with Crippen molar-refractivity contribution in [2.24, 2.45) is 11.0 Å². The van der Waals surface area contributed by atoms with Crippen molar-refractivity contribution in [2.45, 2.75) is 0 Å². The van der Waals surface area contributed by atoms with E-state index >= 15 is 0 Å². The van der Waals surface area contributed by atoms with Crippen LogP contribution in [-0.4, -0.2) is 33.1 Å². The van der Waals surface area contributed by atoms with Gasteiger partial charge in [-0.25, -0.2) is 9.97 Å². The molecule has 1 amide bonds. The normalized spacial score (nSPS) is 24.3. The highest BCUT2D eigenvalue weighted by atomic mass is 32.2. The maximum atomic E-state index is 11.9. The van der Waals surface area contributed by atoms with Gasteiger partial charge in [-0.15, -0.1) is 0 Å². The summed E-state index contributed by atoms with van der Waals surface area (Å²) in [7, 11) is 0. The molecule has 0 spiro atoms. The molecule has 1 aromatic rings. The minimum Gasteiger partial charge on any atom is -0.272 e. The van der Waals surface area contributed by atoms with Gasteiger partial charge >= 0.3 is 0 Å². The van der Waals surface area contributed by atoms with E-state index in [-0.39, 0.29) is 11.8 Å². The van der Waals surface area contributed by atoms with Gasteiger partial charge in [-0.1, -0.05) is 0 Å². The second-order valence-corrected chi connectivity index (χ2v) is 4.41. The summed E-state index contributed by atoms with van der Waals surface area (Å²) in [6, 6.07) is 1.69. The largest absolute Gasteiger partial charge is 0.272 e. The fourth-order valence-electron chi connectivity index (χ4n) is 1.69. The number of hydrogen-bond donors (Lipinski definition) is 0. The number of hydrogen-bond acceptors (Lipinski definition) is 5. The van der Waals surface area contributed by atoms with Crippen LogP contribution in [-0.2, 0) is 4.79 Å². The van der Waals surface area contributed by atoms with Gasteiger partial charge in [0.1, 0.15) is 6.33 Å². The Hall–Kier alpha value is -1.43. The third-order valence-corrected chi connectivity index (χ3v) is 3.52. The third kappa shape index (κ3) is 1.32. The van der Waals surface area contributed by atoms with E-state index in [1.54, 1.807) is 24.0 Å². The monoisotopic (exact) mass is 220 g/mol. The van der Waals surface area contributed by atoms with Crippen molar-refractivity contribution in [2.75, 3.05) is 16.5 Å². The van der Waals surface area contributed by atoms with Crippen molar-refractivity contribution in [3.8, 4) is 0 Å². The first-order valence-electron chi connectivity index (χ1n) is 4.61. The molecular formula is C9H8N4OS. The summed E-state index contributed by atoms with van der Waals surface area (Å²) in [5.74, 6) is 2.28. The molecule has 15 heavy (non-hydrogen) atoms. The first kappa shape index (κ1) is 8.84. The summed E-state index contributed by atoms with van der Waals surface area (Å²) in [5.41, 5.74) is 0.976. The zero-order valence-electron chi connectivity index (χ0n) is 7.83. The number of nitrogens with zero attached hydrogens (tertiary/aromatic N) is 4. The van der Waals surface area contributed by atoms with Crippen LogP contribution in [0.25, 0.3) is 0 Å². The number of fused-ring (bicyclic) bond motifs is 1. The Morgan fingerprint density at radius 3 is 3.20 bits per heavy atom. The van der Waals surface area contributed by atoms with E-state index in [0.29, 0.717) is 5.82 Å². The predicted molar refractivity (Wildman–Crippen MR) is 57.8 cm³/mol. The number of carbonyl (C=O) groups is 1. The molecule has 1 saturated heterocycles. The Labute approximate surface area is 90.6 Å². The first-order valence-corrected chi connectivity index (χ1v) is 5.77. The van der Waals surface area contributed by atoms with Crippen molar-refractivity contribution < 1.29 is 4.79 Å². The van der Waals surface area contributed by atoms with E-state index in [4.69, 9.17) is 0 Å². The Bertz CT molecular complexity index is 433. The molecule has 0 aromatic carbocycles. The van der Waals surface area contributed by atoms with Crippen LogP contribution in [0, 0.1) is 5.92 Å². The van der Waals surface area contributed by atoms with Crippen LogP contribution in [0.1, 0.15) is 0 Å². The molecule has 0 radical (unpaired) electrons. The summed E-state index contributed by atoms with van der Waals surface area (Å²) in [6.07, 6.45) is 3.03. The topological polar surface area (TPSA) is 58.5 Å². The molecule has 2 aliphatic heterocycles. The summed E-state index contributed by atoms with van der Waals surface area (Å²) in [4.78, 5) is 19.8. The van der Waals surface area contributed by atoms with Crippen molar-refractivity contribution in [3.63, 3.8) is 0 Å². The van der Waals surface area contributed by atoms with E-state index in [1.165, 1.54) is 11.3 Å². The highest BCUT2D eigenvalue weighted by molar-refractivity contribution is 8.00. The predicted octanol–water partition coefficient (Wildman–Crippen LogP) is 0.542. The Morgan fingerprint density at radius 1 is 1.53 bits per heavy atom. The van der Waals surface area contributed by atoms with Gasteiger partial charge in [-0.05, 0) is 0 Å². The molecule has 1 unspecified atom stereocenters. The second-order valence-electron chi connectivity index (χ2n) is 3.38. The number of anilines is 1. The van der Waals surface area contributed by atoms with E-state index in [9.17, 15) is 4.79 Å². The second kappa shape index (κ2) is 3.30. The maximum absolute atomic E-state index is 11.9. The molecule has 3 rings (SSSR count). The number of carbonyl (C=O) groups excluding carboxylic acids is 1. The Balaban J connectivity index is 1.97. The molecule has 6 heteroatoms. The lowest BCUT2D eigenvalue weighted by atomic mass is 10.1. The van der Waals surface area contributed by atoms with Gasteiger partial charge in [0, 0.05) is 23.8 Å². The van der Waals surface area contributed by atoms with E-state index in [1.807, 2.05) is 0 Å². The quantitative estimate of drug-likeness (QED) is 0.693. The fourth-order valence-corrected chi connectivity index (χ4v) is 2.85. The van der Waals surface area contributed by atoms with Gasteiger partial charge in [-0.2, -0.15) is 21.9 Å². The number of hydrazone groups is 1. The molecule has 1 aromatic heterocycles. The van der Waals surface area contributed by atoms with Crippen LogP contribution in [0.3, 0.4) is 0 Å². The van der Waals surface area contributed by atoms with E-state index in [0.717, 1.165) is 17.2 Å². The van der Waals surface area contributed by atoms with Gasteiger partial charge in [0.2, 0.25) is 0 Å². The highest BCUT2D eigenvalue weighted by Crippen LogP contribution is 2.30. The SMILES string of the molecule is O=C1C2CSCC2=NN1c1ccncn1. The van der Waals surface area contributed by atoms with Crippen LogP contribution >= 0.6 is 11.8 Å². The van der Waals surface area contributed by atoms with Crippen LogP contribution < -0.4 is 5.01 Å². The lowest BCUT2D eigenvalue weighted by Crippen LogP contribution is -2.27. The molecule has 5 nitrogen and oxygen atoms in total. The highest BCUT2D eigenvalue weighted by Gasteiger charge is 2.40. The fraction of sp³-hybridized carbons (Fsp3) is 0.333. The molecule has 0 N–H and O–H groups in total. The summed E-state index contributed by atoms with van der Waals surface area (Å²) in [5, 5.41) is 5.68. The smallest absolute Gasteiger partial charge is 0.258 e. The molecule has 2 aliphatic rings. The third-order valence-electron chi connectivity index (χ3n) is 2.46. The van der Waals surface area contributed by atoms with Gasteiger partial charge in [0.15, 0.2) is 5.82 Å². The maximum Gasteiger partial charge on any atom is 0.258 e. The Kier molecular flexibility index (Phi) is 1.95. The van der Waals surface area contributed by atoms with Crippen molar-refractivity contribution in [3.05, 3.63) is 18.6 Å². The average molecular weight is 220 g/mol. The molecule has 76 valence electrons. The standard InChI is InChI=1S/C9H8N4OS/c14-9-6-3-15-4-7(6)12-13(9)8-1-2-10-5-11-8/h1-2,5-6H,3-4H2. The first-order chi connectivity index (χ1) is 7.36. The number of amides is 1. The minimum absolute atomic E-state index is 0.0232. The van der Waals surface area contributed by atoms with Gasteiger partial charge in [0.05, 0.1) is 11.6 Å². The van der Waals surface area contributed by atoms with Crippen molar-refractivity contribution in [1.82, 2.24) is 9.97 Å². The number of aromatic nitrogens is 2. The lowest BCUT2D eigenvalue weighted by Gasteiger charge is -2.11. The summed E-state index contributed by atoms with van der Waals surface area (Å²) >= 11 is 1.76. The van der Waals surface area contributed by atoms with Crippen LogP contribution in [0.15, 0.2) is 23.7 Å². The lowest BCUT2D eigenvalue weighted by molar-refractivity contribution is -0.119. The Morgan fingerprint density at radius 2 is 2.47 bits per heavy atom. The molecular weight excluding hydrogens is 212 g/mol. The molecule has 0 bridgehead atoms. The van der Waals surface area contributed by atoms with Gasteiger partial charge in [0.25, 0.3) is 5.91 Å². The summed E-state index contributed by atoms with van der Waals surface area (Å²) < 4.78 is 0. The number of rotatable bonds is 1. The van der Waals surface area contributed by atoms with Crippen LogP contribution in [0.4, 0.5) is 5.82 Å². The molecule has 1 atom stereocenters. The molecule has 0 aliphatic carbocycles. The van der Waals surface area contributed by atoms with Gasteiger partial charge < -0.3 is 0 Å². The van der Waals surface area contributed by atoms with Crippen molar-refractivity contribution in [1.29, 1.82) is 0 Å². The van der Waals surface area contributed by atoms with Crippen molar-refractivity contribution >= 4 is 29.2 Å². The zero-order chi connectivity index (χ0) is 10.3. The van der Waals surface area contributed by atoms with E-state index in [2.05, 4.69) is 15.1 Å². The van der Waals surface area contributed by atoms with E-state index < -0.39 is 0 Å². The zero-order valence-corrected chi connectivity index (χ0v) is 8.65. The summed E-state index contributed by atoms with van der Waals surface area (Å²) in [6.45, 7) is 0. The van der Waals surface area contributed by atoms with Crippen LogP contribution in [0.5, 0.6) is 0 Å². The average Bonchev–Trinajstić information content (AvgIpc) is 2.83. The molecule has 0 saturated carbocycles. The van der Waals surface area contributed by atoms with Gasteiger partial charge in [-0.3, -0.25) is 4.79 Å². The molecule has 1 fully saturated rings. The number of thioether (sulfide) groups is 1. The minimum atomic E-state index is -0.0232. The van der Waals surface area contributed by atoms with Crippen LogP contribution in [0.2, 0.25) is 0 Å². The molecule has 3 heterocycles.